The highest BCUT2D eigenvalue weighted by Crippen LogP contribution is 2.27. The zero-order valence-electron chi connectivity index (χ0n) is 14.5. The van der Waals surface area contributed by atoms with Crippen molar-refractivity contribution in [2.75, 3.05) is 36.0 Å². The van der Waals surface area contributed by atoms with Gasteiger partial charge in [0, 0.05) is 37.6 Å². The predicted octanol–water partition coefficient (Wildman–Crippen LogP) is 3.59. The van der Waals surface area contributed by atoms with Crippen LogP contribution in [-0.2, 0) is 6.42 Å². The van der Waals surface area contributed by atoms with Gasteiger partial charge in [0.15, 0.2) is 0 Å². The van der Waals surface area contributed by atoms with Crippen LogP contribution in [0.1, 0.15) is 18.1 Å². The molecule has 0 aliphatic carbocycles. The predicted molar refractivity (Wildman–Crippen MR) is 100.0 cm³/mol. The molecule has 0 saturated heterocycles. The lowest BCUT2D eigenvalue weighted by Crippen LogP contribution is -2.42. The SMILES string of the molecule is CCN(CCNC(=O)N1CCc2ccccc21)c1cccc(C)c1. The van der Waals surface area contributed by atoms with Crippen molar-refractivity contribution in [1.29, 1.82) is 0 Å². The molecule has 0 radical (unpaired) electrons. The second kappa shape index (κ2) is 7.39. The molecule has 24 heavy (non-hydrogen) atoms. The molecule has 0 unspecified atom stereocenters. The van der Waals surface area contributed by atoms with E-state index in [1.54, 1.807) is 0 Å². The molecule has 126 valence electrons. The van der Waals surface area contributed by atoms with Gasteiger partial charge in [-0.25, -0.2) is 4.79 Å². The van der Waals surface area contributed by atoms with E-state index in [0.29, 0.717) is 6.54 Å². The van der Waals surface area contributed by atoms with Gasteiger partial charge < -0.3 is 10.2 Å². The molecule has 4 nitrogen and oxygen atoms in total. The number of nitrogens with zero attached hydrogens (tertiary/aromatic N) is 2. The molecule has 1 heterocycles. The Morgan fingerprint density at radius 1 is 1.21 bits per heavy atom. The number of rotatable bonds is 5. The van der Waals surface area contributed by atoms with Gasteiger partial charge in [-0.05, 0) is 49.6 Å². The summed E-state index contributed by atoms with van der Waals surface area (Å²) in [6.45, 7) is 7.37. The van der Waals surface area contributed by atoms with Crippen molar-refractivity contribution in [3.63, 3.8) is 0 Å². The van der Waals surface area contributed by atoms with E-state index in [4.69, 9.17) is 0 Å². The molecule has 0 spiro atoms. The van der Waals surface area contributed by atoms with Gasteiger partial charge >= 0.3 is 6.03 Å². The first-order valence-corrected chi connectivity index (χ1v) is 8.64. The van der Waals surface area contributed by atoms with Crippen LogP contribution < -0.4 is 15.1 Å². The molecule has 0 saturated carbocycles. The number of hydrogen-bond donors (Lipinski definition) is 1. The summed E-state index contributed by atoms with van der Waals surface area (Å²) in [5, 5.41) is 3.06. The highest BCUT2D eigenvalue weighted by molar-refractivity contribution is 5.94. The molecule has 2 aromatic carbocycles. The van der Waals surface area contributed by atoms with Crippen LogP contribution in [0.5, 0.6) is 0 Å². The molecule has 2 aromatic rings. The number of carbonyl (C=O) groups is 1. The van der Waals surface area contributed by atoms with Crippen molar-refractivity contribution in [2.45, 2.75) is 20.3 Å². The third-order valence-corrected chi connectivity index (χ3v) is 4.54. The van der Waals surface area contributed by atoms with Crippen LogP contribution in [0.25, 0.3) is 0 Å². The summed E-state index contributed by atoms with van der Waals surface area (Å²) in [5.41, 5.74) is 4.76. The molecular formula is C20H25N3O. The van der Waals surface area contributed by atoms with Gasteiger partial charge in [-0.2, -0.15) is 0 Å². The molecule has 1 aliphatic rings. The Kier molecular flexibility index (Phi) is 5.04. The Balaban J connectivity index is 1.55. The maximum atomic E-state index is 12.5. The molecule has 2 amide bonds. The number of likely N-dealkylation sites (N-methyl/N-ethyl adjacent to an activating group) is 1. The number of carbonyl (C=O) groups excluding carboxylic acids is 1. The summed E-state index contributed by atoms with van der Waals surface area (Å²) in [6, 6.07) is 16.6. The normalized spacial score (nSPS) is 12.8. The van der Waals surface area contributed by atoms with Gasteiger partial charge in [-0.3, -0.25) is 4.90 Å². The smallest absolute Gasteiger partial charge is 0.321 e. The van der Waals surface area contributed by atoms with Crippen molar-refractivity contribution in [3.05, 3.63) is 59.7 Å². The molecule has 0 bridgehead atoms. The monoisotopic (exact) mass is 323 g/mol. The first kappa shape index (κ1) is 16.4. The Bertz CT molecular complexity index is 714. The van der Waals surface area contributed by atoms with E-state index < -0.39 is 0 Å². The summed E-state index contributed by atoms with van der Waals surface area (Å²) < 4.78 is 0. The van der Waals surface area contributed by atoms with E-state index in [2.05, 4.69) is 54.4 Å². The van der Waals surface area contributed by atoms with Crippen molar-refractivity contribution < 1.29 is 4.79 Å². The van der Waals surface area contributed by atoms with Crippen molar-refractivity contribution in [2.24, 2.45) is 0 Å². The van der Waals surface area contributed by atoms with Crippen LogP contribution in [-0.4, -0.2) is 32.2 Å². The fourth-order valence-corrected chi connectivity index (χ4v) is 3.24. The number of aryl methyl sites for hydroxylation is 1. The molecule has 1 aliphatic heterocycles. The average molecular weight is 323 g/mol. The fraction of sp³-hybridized carbons (Fsp3) is 0.350. The third kappa shape index (κ3) is 3.53. The lowest BCUT2D eigenvalue weighted by molar-refractivity contribution is 0.247. The second-order valence-electron chi connectivity index (χ2n) is 6.18. The van der Waals surface area contributed by atoms with Crippen molar-refractivity contribution >= 4 is 17.4 Å². The zero-order chi connectivity index (χ0) is 16.9. The maximum Gasteiger partial charge on any atom is 0.321 e. The summed E-state index contributed by atoms with van der Waals surface area (Å²) in [5.74, 6) is 0. The maximum absolute atomic E-state index is 12.5. The molecule has 0 aromatic heterocycles. The summed E-state index contributed by atoms with van der Waals surface area (Å²) in [4.78, 5) is 16.6. The standard InChI is InChI=1S/C20H25N3O/c1-3-22(18-9-6-7-16(2)15-18)14-12-21-20(24)23-13-11-17-8-4-5-10-19(17)23/h4-10,15H,3,11-14H2,1-2H3,(H,21,24). The van der Waals surface area contributed by atoms with Crippen LogP contribution in [0.4, 0.5) is 16.2 Å². The average Bonchev–Trinajstić information content (AvgIpc) is 3.03. The third-order valence-electron chi connectivity index (χ3n) is 4.54. The van der Waals surface area contributed by atoms with Crippen LogP contribution in [0, 0.1) is 6.92 Å². The van der Waals surface area contributed by atoms with Gasteiger partial charge in [0.1, 0.15) is 0 Å². The van der Waals surface area contributed by atoms with Gasteiger partial charge in [-0.1, -0.05) is 30.3 Å². The van der Waals surface area contributed by atoms with Crippen LogP contribution >= 0.6 is 0 Å². The number of para-hydroxylation sites is 1. The summed E-state index contributed by atoms with van der Waals surface area (Å²) in [6.07, 6.45) is 0.938. The fourth-order valence-electron chi connectivity index (χ4n) is 3.24. The second-order valence-corrected chi connectivity index (χ2v) is 6.18. The highest BCUT2D eigenvalue weighted by atomic mass is 16.2. The quantitative estimate of drug-likeness (QED) is 0.912. The molecule has 0 fully saturated rings. The number of anilines is 2. The minimum Gasteiger partial charge on any atom is -0.370 e. The lowest BCUT2D eigenvalue weighted by atomic mass is 10.2. The van der Waals surface area contributed by atoms with E-state index >= 15 is 0 Å². The number of hydrogen-bond acceptors (Lipinski definition) is 2. The van der Waals surface area contributed by atoms with E-state index in [0.717, 1.165) is 31.7 Å². The highest BCUT2D eigenvalue weighted by Gasteiger charge is 2.23. The first-order chi connectivity index (χ1) is 11.7. The summed E-state index contributed by atoms with van der Waals surface area (Å²) in [7, 11) is 0. The van der Waals surface area contributed by atoms with Gasteiger partial charge in [0.25, 0.3) is 0 Å². The topological polar surface area (TPSA) is 35.6 Å². The minimum atomic E-state index is 0.000227. The Morgan fingerprint density at radius 3 is 2.83 bits per heavy atom. The number of nitrogens with one attached hydrogen (secondary N) is 1. The number of urea groups is 1. The van der Waals surface area contributed by atoms with Gasteiger partial charge in [0.2, 0.25) is 0 Å². The Hall–Kier alpha value is -2.49. The molecule has 1 N–H and O–H groups in total. The molecule has 4 heteroatoms. The Labute approximate surface area is 144 Å². The number of fused-ring (bicyclic) bond motifs is 1. The molecular weight excluding hydrogens is 298 g/mol. The minimum absolute atomic E-state index is 0.000227. The van der Waals surface area contributed by atoms with E-state index in [9.17, 15) is 4.79 Å². The van der Waals surface area contributed by atoms with Crippen LogP contribution in [0.15, 0.2) is 48.5 Å². The van der Waals surface area contributed by atoms with Gasteiger partial charge in [-0.15, -0.1) is 0 Å². The zero-order valence-corrected chi connectivity index (χ0v) is 14.5. The first-order valence-electron chi connectivity index (χ1n) is 8.64. The van der Waals surface area contributed by atoms with Crippen LogP contribution in [0.3, 0.4) is 0 Å². The lowest BCUT2D eigenvalue weighted by Gasteiger charge is -2.25. The summed E-state index contributed by atoms with van der Waals surface area (Å²) >= 11 is 0. The van der Waals surface area contributed by atoms with E-state index in [-0.39, 0.29) is 6.03 Å². The molecule has 0 atom stereocenters. The van der Waals surface area contributed by atoms with Crippen LogP contribution in [0.2, 0.25) is 0 Å². The van der Waals surface area contributed by atoms with Gasteiger partial charge in [0.05, 0.1) is 0 Å². The van der Waals surface area contributed by atoms with E-state index in [1.165, 1.54) is 16.8 Å². The number of benzene rings is 2. The van der Waals surface area contributed by atoms with Crippen molar-refractivity contribution in [3.8, 4) is 0 Å². The van der Waals surface area contributed by atoms with Crippen molar-refractivity contribution in [1.82, 2.24) is 5.32 Å². The number of amides is 2. The largest absolute Gasteiger partial charge is 0.370 e. The van der Waals surface area contributed by atoms with E-state index in [1.807, 2.05) is 23.1 Å². The molecule has 3 rings (SSSR count). The Morgan fingerprint density at radius 2 is 2.04 bits per heavy atom.